The molecule has 0 bridgehead atoms. The molecule has 0 amide bonds. The number of carbonyl (C=O) groups excluding carboxylic acids is 1. The molecule has 3 aromatic rings. The molecule has 0 atom stereocenters. The average Bonchev–Trinajstić information content (AvgIpc) is 3.01. The molecule has 4 nitrogen and oxygen atoms in total. The van der Waals surface area contributed by atoms with Gasteiger partial charge in [0, 0.05) is 17.2 Å². The van der Waals surface area contributed by atoms with E-state index in [0.717, 1.165) is 22.5 Å². The normalized spacial score (nSPS) is 12.7. The molecule has 1 aliphatic carbocycles. The molecule has 27 heavy (non-hydrogen) atoms. The van der Waals surface area contributed by atoms with E-state index in [0.29, 0.717) is 22.6 Å². The van der Waals surface area contributed by atoms with Crippen LogP contribution in [0.4, 0.5) is 5.69 Å². The molecule has 0 fully saturated rings. The van der Waals surface area contributed by atoms with Crippen molar-refractivity contribution in [3.63, 3.8) is 0 Å². The lowest BCUT2D eigenvalue weighted by Crippen LogP contribution is -2.02. The van der Waals surface area contributed by atoms with Gasteiger partial charge in [0.2, 0.25) is 0 Å². The van der Waals surface area contributed by atoms with Gasteiger partial charge in [-0.3, -0.25) is 4.79 Å². The molecule has 0 spiro atoms. The summed E-state index contributed by atoms with van der Waals surface area (Å²) in [5.41, 5.74) is 4.69. The van der Waals surface area contributed by atoms with Crippen LogP contribution in [0, 0.1) is 0 Å². The monoisotopic (exact) mass is 357 g/mol. The highest BCUT2D eigenvalue weighted by Gasteiger charge is 2.30. The molecule has 1 aliphatic rings. The third-order valence-electron chi connectivity index (χ3n) is 4.65. The maximum Gasteiger partial charge on any atom is 0.196 e. The predicted molar refractivity (Wildman–Crippen MR) is 107 cm³/mol. The van der Waals surface area contributed by atoms with E-state index < -0.39 is 0 Å². The van der Waals surface area contributed by atoms with Gasteiger partial charge < -0.3 is 14.8 Å². The van der Waals surface area contributed by atoms with Crippen molar-refractivity contribution in [2.75, 3.05) is 19.5 Å². The topological polar surface area (TPSA) is 47.6 Å². The lowest BCUT2D eigenvalue weighted by Gasteiger charge is -2.15. The van der Waals surface area contributed by atoms with Crippen LogP contribution in [0.3, 0.4) is 0 Å². The van der Waals surface area contributed by atoms with Crippen molar-refractivity contribution in [1.82, 2.24) is 0 Å². The fourth-order valence-corrected chi connectivity index (χ4v) is 3.33. The lowest BCUT2D eigenvalue weighted by molar-refractivity contribution is 0.105. The molecule has 0 radical (unpaired) electrons. The van der Waals surface area contributed by atoms with Crippen LogP contribution in [0.5, 0.6) is 11.5 Å². The van der Waals surface area contributed by atoms with Gasteiger partial charge >= 0.3 is 0 Å². The number of ether oxygens (including phenoxy) is 2. The Kier molecular flexibility index (Phi) is 4.38. The van der Waals surface area contributed by atoms with Crippen molar-refractivity contribution < 1.29 is 14.3 Å². The Morgan fingerprint density at radius 3 is 2.19 bits per heavy atom. The van der Waals surface area contributed by atoms with Crippen LogP contribution in [0.15, 0.2) is 72.8 Å². The van der Waals surface area contributed by atoms with Crippen LogP contribution in [0.25, 0.3) is 11.3 Å². The molecule has 0 heterocycles. The van der Waals surface area contributed by atoms with Crippen molar-refractivity contribution in [2.24, 2.45) is 0 Å². The van der Waals surface area contributed by atoms with Crippen molar-refractivity contribution in [2.45, 2.75) is 0 Å². The van der Waals surface area contributed by atoms with E-state index in [1.807, 2.05) is 72.8 Å². The molecule has 0 saturated carbocycles. The lowest BCUT2D eigenvalue weighted by atomic mass is 10.0. The molecule has 4 rings (SSSR count). The van der Waals surface area contributed by atoms with Gasteiger partial charge in [-0.15, -0.1) is 0 Å². The van der Waals surface area contributed by atoms with E-state index in [1.54, 1.807) is 14.2 Å². The van der Waals surface area contributed by atoms with E-state index in [1.165, 1.54) is 0 Å². The molecular weight excluding hydrogens is 338 g/mol. The van der Waals surface area contributed by atoms with Crippen molar-refractivity contribution in [3.8, 4) is 11.5 Å². The number of ketones is 1. The number of anilines is 1. The SMILES string of the molecule is COc1ccc(NC2=C(c3ccccc3)C(=O)c3ccccc32)c(OC)c1. The van der Waals surface area contributed by atoms with E-state index in [9.17, 15) is 4.79 Å². The number of fused-ring (bicyclic) bond motifs is 1. The van der Waals surface area contributed by atoms with E-state index in [4.69, 9.17) is 9.47 Å². The minimum atomic E-state index is 0.0202. The summed E-state index contributed by atoms with van der Waals surface area (Å²) in [6.45, 7) is 0. The first kappa shape index (κ1) is 16.9. The van der Waals surface area contributed by atoms with Crippen molar-refractivity contribution >= 4 is 22.7 Å². The Morgan fingerprint density at radius 1 is 0.778 bits per heavy atom. The average molecular weight is 357 g/mol. The van der Waals surface area contributed by atoms with Gasteiger partial charge in [0.25, 0.3) is 0 Å². The fourth-order valence-electron chi connectivity index (χ4n) is 3.33. The van der Waals surface area contributed by atoms with Crippen molar-refractivity contribution in [1.29, 1.82) is 0 Å². The zero-order valence-electron chi connectivity index (χ0n) is 15.2. The molecular formula is C23H19NO3. The summed E-state index contributed by atoms with van der Waals surface area (Å²) in [4.78, 5) is 13.1. The summed E-state index contributed by atoms with van der Waals surface area (Å²) >= 11 is 0. The highest BCUT2D eigenvalue weighted by Crippen LogP contribution is 2.40. The summed E-state index contributed by atoms with van der Waals surface area (Å²) in [5, 5.41) is 3.43. The number of hydrogen-bond acceptors (Lipinski definition) is 4. The number of nitrogens with one attached hydrogen (secondary N) is 1. The minimum Gasteiger partial charge on any atom is -0.497 e. The number of Topliss-reactive ketones (excluding diaryl/α,β-unsaturated/α-hetero) is 1. The number of benzene rings is 3. The molecule has 134 valence electrons. The molecule has 4 heteroatoms. The second-order valence-corrected chi connectivity index (χ2v) is 6.18. The molecule has 0 unspecified atom stereocenters. The number of carbonyl (C=O) groups is 1. The van der Waals surface area contributed by atoms with Crippen LogP contribution >= 0.6 is 0 Å². The molecule has 3 aromatic carbocycles. The first-order valence-electron chi connectivity index (χ1n) is 8.65. The summed E-state index contributed by atoms with van der Waals surface area (Å²) in [7, 11) is 3.23. The Morgan fingerprint density at radius 2 is 1.48 bits per heavy atom. The zero-order chi connectivity index (χ0) is 18.8. The highest BCUT2D eigenvalue weighted by molar-refractivity contribution is 6.40. The summed E-state index contributed by atoms with van der Waals surface area (Å²) in [6, 6.07) is 22.9. The quantitative estimate of drug-likeness (QED) is 0.707. The predicted octanol–water partition coefficient (Wildman–Crippen LogP) is 4.88. The molecule has 0 aliphatic heterocycles. The fraction of sp³-hybridized carbons (Fsp3) is 0.0870. The third kappa shape index (κ3) is 2.95. The summed E-state index contributed by atoms with van der Waals surface area (Å²) in [5.74, 6) is 1.37. The molecule has 0 saturated heterocycles. The Hall–Kier alpha value is -3.53. The standard InChI is InChI=1S/C23H19NO3/c1-26-16-12-13-19(20(14-16)27-2)24-22-17-10-6-7-11-18(17)23(25)21(22)15-8-4-3-5-9-15/h3-14,24H,1-2H3. The second kappa shape index (κ2) is 7.00. The van der Waals surface area contributed by atoms with Gasteiger partial charge in [-0.2, -0.15) is 0 Å². The van der Waals surface area contributed by atoms with Gasteiger partial charge in [-0.25, -0.2) is 0 Å². The Bertz CT molecular complexity index is 1040. The van der Waals surface area contributed by atoms with Crippen LogP contribution in [0.2, 0.25) is 0 Å². The summed E-state index contributed by atoms with van der Waals surface area (Å²) < 4.78 is 10.8. The maximum atomic E-state index is 13.1. The Labute approximate surface area is 158 Å². The van der Waals surface area contributed by atoms with Gasteiger partial charge in [0.1, 0.15) is 11.5 Å². The first-order valence-corrected chi connectivity index (χ1v) is 8.65. The second-order valence-electron chi connectivity index (χ2n) is 6.18. The maximum absolute atomic E-state index is 13.1. The van der Waals surface area contributed by atoms with Crippen LogP contribution in [0.1, 0.15) is 21.5 Å². The number of methoxy groups -OCH3 is 2. The van der Waals surface area contributed by atoms with Gasteiger partial charge in [0.15, 0.2) is 5.78 Å². The molecule has 1 N–H and O–H groups in total. The van der Waals surface area contributed by atoms with Crippen LogP contribution < -0.4 is 14.8 Å². The largest absolute Gasteiger partial charge is 0.497 e. The van der Waals surface area contributed by atoms with Gasteiger partial charge in [0.05, 0.1) is 31.2 Å². The number of rotatable bonds is 5. The van der Waals surface area contributed by atoms with Crippen LogP contribution in [-0.2, 0) is 0 Å². The first-order chi connectivity index (χ1) is 13.2. The third-order valence-corrected chi connectivity index (χ3v) is 4.65. The highest BCUT2D eigenvalue weighted by atomic mass is 16.5. The summed E-state index contributed by atoms with van der Waals surface area (Å²) in [6.07, 6.45) is 0. The molecule has 0 aromatic heterocycles. The van der Waals surface area contributed by atoms with E-state index in [-0.39, 0.29) is 5.78 Å². The minimum absolute atomic E-state index is 0.0202. The van der Waals surface area contributed by atoms with Crippen molar-refractivity contribution in [3.05, 3.63) is 89.5 Å². The number of hydrogen-bond donors (Lipinski definition) is 1. The van der Waals surface area contributed by atoms with Crippen LogP contribution in [-0.4, -0.2) is 20.0 Å². The van der Waals surface area contributed by atoms with Gasteiger partial charge in [-0.1, -0.05) is 54.6 Å². The smallest absolute Gasteiger partial charge is 0.196 e. The van der Waals surface area contributed by atoms with Gasteiger partial charge in [-0.05, 0) is 17.7 Å². The zero-order valence-corrected chi connectivity index (χ0v) is 15.2. The van der Waals surface area contributed by atoms with E-state index >= 15 is 0 Å². The van der Waals surface area contributed by atoms with E-state index in [2.05, 4.69) is 5.32 Å². The Balaban J connectivity index is 1.87. The number of allylic oxidation sites excluding steroid dienone is 1.